The number of hydrogen-bond donors (Lipinski definition) is 1. The van der Waals surface area contributed by atoms with E-state index in [1.807, 2.05) is 0 Å². The smallest absolute Gasteiger partial charge is 0.310 e. The molecule has 0 aliphatic rings. The topological polar surface area (TPSA) is 134 Å². The fraction of sp³-hybridized carbons (Fsp3) is 0.133. The molecule has 0 saturated carbocycles. The summed E-state index contributed by atoms with van der Waals surface area (Å²) in [6.07, 6.45) is 0. The van der Waals surface area contributed by atoms with Crippen molar-refractivity contribution in [3.63, 3.8) is 0 Å². The Balaban J connectivity index is 2.06. The van der Waals surface area contributed by atoms with Crippen molar-refractivity contribution < 1.29 is 24.1 Å². The van der Waals surface area contributed by atoms with Crippen molar-refractivity contribution in [2.75, 3.05) is 19.0 Å². The van der Waals surface area contributed by atoms with E-state index < -0.39 is 22.4 Å². The van der Waals surface area contributed by atoms with Crippen LogP contribution in [-0.2, 0) is 4.79 Å². The first-order valence-corrected chi connectivity index (χ1v) is 6.91. The summed E-state index contributed by atoms with van der Waals surface area (Å²) < 4.78 is 10.2. The Bertz CT molecular complexity index is 823. The summed E-state index contributed by atoms with van der Waals surface area (Å²) >= 11 is 0. The first-order chi connectivity index (χ1) is 11.9. The first-order valence-electron chi connectivity index (χ1n) is 6.91. The number of rotatable bonds is 7. The van der Waals surface area contributed by atoms with Crippen LogP contribution in [0.1, 0.15) is 0 Å². The molecule has 0 aliphatic carbocycles. The Morgan fingerprint density at radius 1 is 1.08 bits per heavy atom. The average Bonchev–Trinajstić information content (AvgIpc) is 2.60. The van der Waals surface area contributed by atoms with Crippen LogP contribution in [0.4, 0.5) is 17.1 Å². The number of methoxy groups -OCH3 is 1. The van der Waals surface area contributed by atoms with E-state index in [9.17, 15) is 25.0 Å². The molecule has 0 aliphatic heterocycles. The number of carbonyl (C=O) groups excluding carboxylic acids is 1. The lowest BCUT2D eigenvalue weighted by molar-refractivity contribution is -0.385. The summed E-state index contributed by atoms with van der Waals surface area (Å²) in [5, 5.41) is 24.1. The van der Waals surface area contributed by atoms with E-state index >= 15 is 0 Å². The molecular weight excluding hydrogens is 334 g/mol. The van der Waals surface area contributed by atoms with Crippen molar-refractivity contribution in [2.24, 2.45) is 0 Å². The molecule has 0 saturated heterocycles. The van der Waals surface area contributed by atoms with E-state index in [0.29, 0.717) is 0 Å². The highest BCUT2D eigenvalue weighted by Crippen LogP contribution is 2.29. The maximum atomic E-state index is 12.0. The number of para-hydroxylation sites is 2. The predicted octanol–water partition coefficient (Wildman–Crippen LogP) is 2.53. The van der Waals surface area contributed by atoms with Crippen molar-refractivity contribution in [3.8, 4) is 11.5 Å². The van der Waals surface area contributed by atoms with Gasteiger partial charge in [0.15, 0.2) is 12.4 Å². The molecule has 0 unspecified atom stereocenters. The van der Waals surface area contributed by atoms with E-state index in [1.165, 1.54) is 43.5 Å². The molecule has 1 amide bonds. The zero-order valence-electron chi connectivity index (χ0n) is 13.0. The Morgan fingerprint density at radius 3 is 2.44 bits per heavy atom. The largest absolute Gasteiger partial charge is 0.494 e. The molecule has 2 aromatic rings. The van der Waals surface area contributed by atoms with Crippen LogP contribution < -0.4 is 14.8 Å². The number of hydrogen-bond acceptors (Lipinski definition) is 7. The zero-order chi connectivity index (χ0) is 18.4. The van der Waals surface area contributed by atoms with Crippen molar-refractivity contribution in [3.05, 3.63) is 62.7 Å². The van der Waals surface area contributed by atoms with Gasteiger partial charge >= 0.3 is 5.69 Å². The van der Waals surface area contributed by atoms with Crippen LogP contribution in [0.15, 0.2) is 42.5 Å². The molecule has 25 heavy (non-hydrogen) atoms. The van der Waals surface area contributed by atoms with Gasteiger partial charge in [-0.2, -0.15) is 0 Å². The van der Waals surface area contributed by atoms with Crippen molar-refractivity contribution in [2.45, 2.75) is 0 Å². The highest BCUT2D eigenvalue weighted by atomic mass is 16.6. The monoisotopic (exact) mass is 347 g/mol. The second-order valence-corrected chi connectivity index (χ2v) is 4.70. The number of anilines is 1. The van der Waals surface area contributed by atoms with E-state index in [2.05, 4.69) is 5.32 Å². The normalized spacial score (nSPS) is 9.96. The number of amides is 1. The van der Waals surface area contributed by atoms with E-state index in [1.54, 1.807) is 6.07 Å². The molecule has 0 bridgehead atoms. The minimum Gasteiger partial charge on any atom is -0.494 e. The third kappa shape index (κ3) is 4.41. The molecule has 130 valence electrons. The highest BCUT2D eigenvalue weighted by molar-refractivity contribution is 5.93. The van der Waals surface area contributed by atoms with Gasteiger partial charge in [-0.15, -0.1) is 0 Å². The molecule has 10 nitrogen and oxygen atoms in total. The van der Waals surface area contributed by atoms with Gasteiger partial charge in [-0.3, -0.25) is 25.0 Å². The maximum absolute atomic E-state index is 12.0. The summed E-state index contributed by atoms with van der Waals surface area (Å²) in [4.78, 5) is 32.4. The molecule has 0 radical (unpaired) electrons. The van der Waals surface area contributed by atoms with Crippen LogP contribution in [0.25, 0.3) is 0 Å². The molecule has 0 aromatic heterocycles. The van der Waals surface area contributed by atoms with E-state index in [-0.39, 0.29) is 28.6 Å². The Kier molecular flexibility index (Phi) is 5.46. The fourth-order valence-corrected chi connectivity index (χ4v) is 1.96. The summed E-state index contributed by atoms with van der Waals surface area (Å²) in [7, 11) is 1.30. The van der Waals surface area contributed by atoms with Gasteiger partial charge in [-0.05, 0) is 12.1 Å². The molecule has 0 spiro atoms. The predicted molar refractivity (Wildman–Crippen MR) is 86.9 cm³/mol. The summed E-state index contributed by atoms with van der Waals surface area (Å²) in [5.74, 6) is -0.545. The minimum atomic E-state index is -0.618. The molecule has 0 fully saturated rings. The lowest BCUT2D eigenvalue weighted by atomic mass is 10.2. The van der Waals surface area contributed by atoms with Crippen LogP contribution in [-0.4, -0.2) is 29.5 Å². The molecule has 1 N–H and O–H groups in total. The number of nitro groups is 2. The zero-order valence-corrected chi connectivity index (χ0v) is 13.0. The molecule has 0 heterocycles. The quantitative estimate of drug-likeness (QED) is 0.600. The van der Waals surface area contributed by atoms with Crippen LogP contribution >= 0.6 is 0 Å². The summed E-state index contributed by atoms with van der Waals surface area (Å²) in [6, 6.07) is 9.34. The summed E-state index contributed by atoms with van der Waals surface area (Å²) in [6.45, 7) is -0.481. The Morgan fingerprint density at radius 2 is 1.80 bits per heavy atom. The lowest BCUT2D eigenvalue weighted by Gasteiger charge is -2.10. The van der Waals surface area contributed by atoms with Gasteiger partial charge in [0, 0.05) is 12.1 Å². The molecule has 2 aromatic carbocycles. The van der Waals surface area contributed by atoms with Gasteiger partial charge in [-0.1, -0.05) is 12.1 Å². The number of ether oxygens (including phenoxy) is 2. The average molecular weight is 347 g/mol. The van der Waals surface area contributed by atoms with Gasteiger partial charge in [0.2, 0.25) is 0 Å². The molecule has 0 atom stereocenters. The third-order valence-corrected chi connectivity index (χ3v) is 3.09. The Labute approximate surface area is 141 Å². The van der Waals surface area contributed by atoms with Gasteiger partial charge in [0.1, 0.15) is 5.75 Å². The minimum absolute atomic E-state index is 0.0432. The van der Waals surface area contributed by atoms with Crippen molar-refractivity contribution >= 4 is 23.0 Å². The number of nitrogens with one attached hydrogen (secondary N) is 1. The highest BCUT2D eigenvalue weighted by Gasteiger charge is 2.17. The van der Waals surface area contributed by atoms with Gasteiger partial charge in [0.05, 0.1) is 28.7 Å². The number of benzene rings is 2. The lowest BCUT2D eigenvalue weighted by Crippen LogP contribution is -2.20. The van der Waals surface area contributed by atoms with Crippen LogP contribution in [0, 0.1) is 20.2 Å². The van der Waals surface area contributed by atoms with Crippen molar-refractivity contribution in [1.82, 2.24) is 0 Å². The van der Waals surface area contributed by atoms with Crippen LogP contribution in [0.2, 0.25) is 0 Å². The number of carbonyl (C=O) groups is 1. The molecular formula is C15H13N3O7. The molecule has 2 rings (SSSR count). The maximum Gasteiger partial charge on any atom is 0.310 e. The van der Waals surface area contributed by atoms with Gasteiger partial charge < -0.3 is 14.8 Å². The molecule has 10 heteroatoms. The SMILES string of the molecule is COc1cc([N+](=O)[O-])ccc1NC(=O)COc1ccccc1[N+](=O)[O-]. The fourth-order valence-electron chi connectivity index (χ4n) is 1.96. The standard InChI is InChI=1S/C15H13N3O7/c1-24-14-8-10(17(20)21)6-7-11(14)16-15(19)9-25-13-5-3-2-4-12(13)18(22)23/h2-8H,9H2,1H3,(H,16,19). The first kappa shape index (κ1) is 17.7. The number of nitrogens with zero attached hydrogens (tertiary/aromatic N) is 2. The number of non-ortho nitro benzene ring substituents is 1. The van der Waals surface area contributed by atoms with Crippen LogP contribution in [0.3, 0.4) is 0 Å². The third-order valence-electron chi connectivity index (χ3n) is 3.09. The van der Waals surface area contributed by atoms with E-state index in [0.717, 1.165) is 0 Å². The second kappa shape index (κ2) is 7.73. The second-order valence-electron chi connectivity index (χ2n) is 4.70. The number of nitro benzene ring substituents is 2. The van der Waals surface area contributed by atoms with Crippen LogP contribution in [0.5, 0.6) is 11.5 Å². The summed E-state index contributed by atoms with van der Waals surface area (Å²) in [5.41, 5.74) is -0.238. The Hall–Kier alpha value is -3.69. The van der Waals surface area contributed by atoms with Gasteiger partial charge in [0.25, 0.3) is 11.6 Å². The van der Waals surface area contributed by atoms with Gasteiger partial charge in [-0.25, -0.2) is 0 Å². The van der Waals surface area contributed by atoms with Crippen molar-refractivity contribution in [1.29, 1.82) is 0 Å². The van der Waals surface area contributed by atoms with E-state index in [4.69, 9.17) is 9.47 Å².